The molecule has 2 aromatic rings. The molecule has 5 rings (SSSR count). The summed E-state index contributed by atoms with van der Waals surface area (Å²) in [4.78, 5) is 15.5. The molecule has 22 heavy (non-hydrogen) atoms. The molecule has 116 valence electrons. The second-order valence-electron chi connectivity index (χ2n) is 5.64. The van der Waals surface area contributed by atoms with E-state index in [2.05, 4.69) is 20.4 Å². The molecule has 0 spiro atoms. The van der Waals surface area contributed by atoms with Gasteiger partial charge in [-0.25, -0.2) is 0 Å². The van der Waals surface area contributed by atoms with E-state index in [0.717, 1.165) is 6.54 Å². The van der Waals surface area contributed by atoms with Gasteiger partial charge in [0.2, 0.25) is 0 Å². The number of carbonyl (C=O) groups excluding carboxylic acids is 1. The third-order valence-electron chi connectivity index (χ3n) is 4.31. The van der Waals surface area contributed by atoms with Gasteiger partial charge >= 0.3 is 0 Å². The molecule has 1 N–H and O–H groups in total. The van der Waals surface area contributed by atoms with Gasteiger partial charge in [0.15, 0.2) is 5.06 Å². The number of piperidine rings is 3. The van der Waals surface area contributed by atoms with Gasteiger partial charge in [-0.1, -0.05) is 27.8 Å². The van der Waals surface area contributed by atoms with E-state index in [1.807, 2.05) is 0 Å². The standard InChI is InChI=1S/C14H16N4O2S2/c19-13(16-10-7-18-5-3-9(10)4-6-18)11-1-2-12(22-11)20-14-17-15-8-21-14/h1-2,8-10H,3-7H2,(H,16,19)/t10-/m0/s1. The summed E-state index contributed by atoms with van der Waals surface area (Å²) >= 11 is 2.67. The number of fused-ring (bicyclic) bond motifs is 3. The lowest BCUT2D eigenvalue weighted by molar-refractivity contribution is 0.0622. The zero-order valence-corrected chi connectivity index (χ0v) is 13.5. The van der Waals surface area contributed by atoms with Crippen LogP contribution in [0.15, 0.2) is 17.6 Å². The van der Waals surface area contributed by atoms with Crippen LogP contribution in [-0.2, 0) is 0 Å². The average Bonchev–Trinajstić information content (AvgIpc) is 3.21. The van der Waals surface area contributed by atoms with Crippen LogP contribution in [0.3, 0.4) is 0 Å². The van der Waals surface area contributed by atoms with Crippen LogP contribution in [0.5, 0.6) is 10.3 Å². The first-order valence-electron chi connectivity index (χ1n) is 7.35. The van der Waals surface area contributed by atoms with Crippen molar-refractivity contribution in [3.8, 4) is 10.3 Å². The fourth-order valence-electron chi connectivity index (χ4n) is 3.16. The number of hydrogen-bond donors (Lipinski definition) is 1. The first-order chi connectivity index (χ1) is 10.8. The lowest BCUT2D eigenvalue weighted by Gasteiger charge is -2.44. The van der Waals surface area contributed by atoms with Crippen molar-refractivity contribution in [1.29, 1.82) is 0 Å². The van der Waals surface area contributed by atoms with E-state index in [1.54, 1.807) is 17.6 Å². The van der Waals surface area contributed by atoms with Crippen molar-refractivity contribution < 1.29 is 9.53 Å². The van der Waals surface area contributed by atoms with E-state index < -0.39 is 0 Å². The number of carbonyl (C=O) groups is 1. The fraction of sp³-hybridized carbons (Fsp3) is 0.500. The van der Waals surface area contributed by atoms with Crippen molar-refractivity contribution in [1.82, 2.24) is 20.4 Å². The number of ether oxygens (including phenoxy) is 1. The Labute approximate surface area is 136 Å². The van der Waals surface area contributed by atoms with E-state index in [0.29, 0.717) is 21.1 Å². The minimum atomic E-state index is -0.00383. The molecular formula is C14H16N4O2S2. The van der Waals surface area contributed by atoms with Crippen LogP contribution in [0.25, 0.3) is 0 Å². The molecule has 2 aromatic heterocycles. The van der Waals surface area contributed by atoms with Crippen molar-refractivity contribution in [3.05, 3.63) is 22.5 Å². The molecule has 1 atom stereocenters. The number of thiophene rings is 1. The maximum absolute atomic E-state index is 12.4. The number of aromatic nitrogens is 2. The van der Waals surface area contributed by atoms with Crippen LogP contribution in [0.2, 0.25) is 0 Å². The highest BCUT2D eigenvalue weighted by atomic mass is 32.1. The second-order valence-corrected chi connectivity index (χ2v) is 7.49. The van der Waals surface area contributed by atoms with E-state index in [9.17, 15) is 4.79 Å². The molecule has 5 heterocycles. The van der Waals surface area contributed by atoms with Crippen LogP contribution in [0, 0.1) is 5.92 Å². The molecule has 6 nitrogen and oxygen atoms in total. The van der Waals surface area contributed by atoms with Gasteiger partial charge in [-0.15, -0.1) is 5.10 Å². The van der Waals surface area contributed by atoms with Gasteiger partial charge in [-0.05, 0) is 44.0 Å². The molecule has 8 heteroatoms. The number of nitrogens with one attached hydrogen (secondary N) is 1. The van der Waals surface area contributed by atoms with E-state index in [1.165, 1.54) is 48.6 Å². The summed E-state index contributed by atoms with van der Waals surface area (Å²) in [6, 6.07) is 3.89. The Morgan fingerprint density at radius 1 is 1.36 bits per heavy atom. The normalized spacial score (nSPS) is 26.8. The van der Waals surface area contributed by atoms with Crippen molar-refractivity contribution in [2.45, 2.75) is 18.9 Å². The van der Waals surface area contributed by atoms with Crippen LogP contribution in [-0.4, -0.2) is 46.7 Å². The maximum Gasteiger partial charge on any atom is 0.300 e. The molecule has 3 aliphatic rings. The third kappa shape index (κ3) is 2.86. The smallest absolute Gasteiger partial charge is 0.300 e. The van der Waals surface area contributed by atoms with Crippen LogP contribution < -0.4 is 10.1 Å². The third-order valence-corrected chi connectivity index (χ3v) is 5.83. The Morgan fingerprint density at radius 2 is 2.23 bits per heavy atom. The van der Waals surface area contributed by atoms with E-state index in [-0.39, 0.29) is 11.9 Å². The van der Waals surface area contributed by atoms with Crippen molar-refractivity contribution in [3.63, 3.8) is 0 Å². The average molecular weight is 336 g/mol. The summed E-state index contributed by atoms with van der Waals surface area (Å²) < 4.78 is 5.56. The van der Waals surface area contributed by atoms with E-state index >= 15 is 0 Å². The predicted octanol–water partition coefficient (Wildman–Crippen LogP) is 2.22. The van der Waals surface area contributed by atoms with Gasteiger partial charge in [0.1, 0.15) is 5.51 Å². The Balaban J connectivity index is 1.39. The molecule has 2 bridgehead atoms. The topological polar surface area (TPSA) is 67.4 Å². The van der Waals surface area contributed by atoms with Gasteiger partial charge in [0.05, 0.1) is 4.88 Å². The summed E-state index contributed by atoms with van der Waals surface area (Å²) in [5, 5.41) is 11.9. The number of nitrogens with zero attached hydrogens (tertiary/aromatic N) is 3. The van der Waals surface area contributed by atoms with Crippen LogP contribution >= 0.6 is 22.7 Å². The Hall–Kier alpha value is -1.51. The lowest BCUT2D eigenvalue weighted by atomic mass is 9.84. The van der Waals surface area contributed by atoms with Crippen LogP contribution in [0.1, 0.15) is 22.5 Å². The summed E-state index contributed by atoms with van der Waals surface area (Å²) in [5.74, 6) is 0.627. The highest BCUT2D eigenvalue weighted by Crippen LogP contribution is 2.31. The Kier molecular flexibility index (Phi) is 3.81. The van der Waals surface area contributed by atoms with Gasteiger partial charge in [0.25, 0.3) is 11.1 Å². The minimum Gasteiger partial charge on any atom is -0.419 e. The molecule has 3 saturated heterocycles. The first kappa shape index (κ1) is 14.1. The molecule has 1 amide bonds. The van der Waals surface area contributed by atoms with Gasteiger partial charge in [-0.2, -0.15) is 0 Å². The minimum absolute atomic E-state index is 0.00383. The molecule has 3 aliphatic heterocycles. The second kappa shape index (κ2) is 5.94. The molecule has 0 unspecified atom stereocenters. The van der Waals surface area contributed by atoms with Crippen molar-refractivity contribution >= 4 is 28.6 Å². The molecule has 3 fully saturated rings. The fourth-order valence-corrected chi connectivity index (χ4v) is 4.39. The number of rotatable bonds is 4. The summed E-state index contributed by atoms with van der Waals surface area (Å²) in [7, 11) is 0. The quantitative estimate of drug-likeness (QED) is 0.927. The highest BCUT2D eigenvalue weighted by molar-refractivity contribution is 7.16. The number of amides is 1. The Morgan fingerprint density at radius 3 is 2.91 bits per heavy atom. The van der Waals surface area contributed by atoms with Crippen molar-refractivity contribution in [2.75, 3.05) is 19.6 Å². The molecule has 0 saturated carbocycles. The summed E-state index contributed by atoms with van der Waals surface area (Å²) in [6.45, 7) is 3.33. The van der Waals surface area contributed by atoms with Crippen LogP contribution in [0.4, 0.5) is 0 Å². The highest BCUT2D eigenvalue weighted by Gasteiger charge is 2.35. The largest absolute Gasteiger partial charge is 0.419 e. The van der Waals surface area contributed by atoms with Gasteiger partial charge in [0, 0.05) is 12.6 Å². The molecule has 0 aromatic carbocycles. The van der Waals surface area contributed by atoms with Gasteiger partial charge in [-0.3, -0.25) is 4.79 Å². The first-order valence-corrected chi connectivity index (χ1v) is 9.04. The molecule has 0 radical (unpaired) electrons. The zero-order valence-electron chi connectivity index (χ0n) is 11.9. The zero-order chi connectivity index (χ0) is 14.9. The maximum atomic E-state index is 12.4. The lowest BCUT2D eigenvalue weighted by Crippen LogP contribution is -2.57. The SMILES string of the molecule is O=C(N[C@H]1CN2CCC1CC2)c1ccc(Oc2nncs2)s1. The summed E-state index contributed by atoms with van der Waals surface area (Å²) in [6.07, 6.45) is 2.39. The van der Waals surface area contributed by atoms with E-state index in [4.69, 9.17) is 4.74 Å². The van der Waals surface area contributed by atoms with Crippen molar-refractivity contribution in [2.24, 2.45) is 5.92 Å². The summed E-state index contributed by atoms with van der Waals surface area (Å²) in [5.41, 5.74) is 1.62. The predicted molar refractivity (Wildman–Crippen MR) is 84.7 cm³/mol. The molecule has 0 aliphatic carbocycles. The monoisotopic (exact) mass is 336 g/mol. The van der Waals surface area contributed by atoms with Gasteiger partial charge < -0.3 is 15.0 Å². The number of hydrogen-bond acceptors (Lipinski definition) is 7. The molecular weight excluding hydrogens is 320 g/mol. The Bertz CT molecular complexity index is 650.